The highest BCUT2D eigenvalue weighted by Crippen LogP contribution is 2.34. The van der Waals surface area contributed by atoms with Gasteiger partial charge in [-0.25, -0.2) is 9.07 Å². The molecule has 3 aromatic rings. The van der Waals surface area contributed by atoms with Crippen molar-refractivity contribution >= 4 is 17.3 Å². The molecule has 0 spiro atoms. The fourth-order valence-electron chi connectivity index (χ4n) is 1.99. The average Bonchev–Trinajstić information content (AvgIpc) is 3.01. The van der Waals surface area contributed by atoms with Crippen LogP contribution in [0.1, 0.15) is 11.0 Å². The lowest BCUT2D eigenvalue weighted by Gasteiger charge is -2.27. The van der Waals surface area contributed by atoms with Crippen molar-refractivity contribution in [1.29, 1.82) is 0 Å². The van der Waals surface area contributed by atoms with Gasteiger partial charge in [-0.15, -0.1) is 16.4 Å². The lowest BCUT2D eigenvalue weighted by Crippen LogP contribution is -2.31. The predicted molar refractivity (Wildman–Crippen MR) is 69.3 cm³/mol. The molecule has 1 aliphatic rings. The van der Waals surface area contributed by atoms with Gasteiger partial charge in [0.1, 0.15) is 5.82 Å². The van der Waals surface area contributed by atoms with E-state index in [1.807, 2.05) is 10.9 Å². The number of aromatic nitrogens is 4. The van der Waals surface area contributed by atoms with E-state index in [1.165, 1.54) is 12.1 Å². The van der Waals surface area contributed by atoms with Crippen molar-refractivity contribution in [2.45, 2.75) is 6.17 Å². The van der Waals surface area contributed by atoms with Gasteiger partial charge in [0.05, 0.1) is 10.4 Å². The molecule has 4 rings (SSSR count). The van der Waals surface area contributed by atoms with Gasteiger partial charge in [-0.1, -0.05) is 0 Å². The SMILES string of the molecule is Fc1ccc(-c2nc3n(n2)C(c2cncs2)N3)cc1. The quantitative estimate of drug-likeness (QED) is 0.779. The molecule has 0 amide bonds. The summed E-state index contributed by atoms with van der Waals surface area (Å²) in [6, 6.07) is 6.15. The number of rotatable bonds is 2. The van der Waals surface area contributed by atoms with Crippen molar-refractivity contribution in [1.82, 2.24) is 19.7 Å². The van der Waals surface area contributed by atoms with Gasteiger partial charge in [0, 0.05) is 11.8 Å². The lowest BCUT2D eigenvalue weighted by molar-refractivity contribution is 0.517. The Morgan fingerprint density at radius 2 is 2.11 bits per heavy atom. The summed E-state index contributed by atoms with van der Waals surface area (Å²) in [5.41, 5.74) is 2.58. The molecule has 3 heterocycles. The maximum atomic E-state index is 12.9. The highest BCUT2D eigenvalue weighted by Gasteiger charge is 2.31. The van der Waals surface area contributed by atoms with Crippen LogP contribution >= 0.6 is 11.3 Å². The van der Waals surface area contributed by atoms with Crippen molar-refractivity contribution in [3.05, 3.63) is 46.7 Å². The van der Waals surface area contributed by atoms with Gasteiger partial charge in [0.15, 0.2) is 12.0 Å². The largest absolute Gasteiger partial charge is 0.328 e. The first-order chi connectivity index (χ1) is 9.31. The predicted octanol–water partition coefficient (Wildman–Crippen LogP) is 2.51. The van der Waals surface area contributed by atoms with Crippen molar-refractivity contribution < 1.29 is 4.39 Å². The topological polar surface area (TPSA) is 55.6 Å². The summed E-state index contributed by atoms with van der Waals surface area (Å²) in [4.78, 5) is 9.49. The zero-order chi connectivity index (χ0) is 12.8. The second kappa shape index (κ2) is 3.86. The molecule has 0 bridgehead atoms. The van der Waals surface area contributed by atoms with Gasteiger partial charge in [-0.3, -0.25) is 4.98 Å². The summed E-state index contributed by atoms with van der Waals surface area (Å²) in [5, 5.41) is 7.65. The number of anilines is 1. The standard InChI is InChI=1S/C12H8FN5S/c13-8-3-1-7(2-4-8)10-15-12-16-11(18(12)17-10)9-5-14-6-19-9/h1-6,11H,(H,15,16,17). The van der Waals surface area contributed by atoms with E-state index in [0.29, 0.717) is 5.82 Å². The van der Waals surface area contributed by atoms with Crippen LogP contribution in [0.25, 0.3) is 11.4 Å². The summed E-state index contributed by atoms with van der Waals surface area (Å²) in [6.45, 7) is 0. The van der Waals surface area contributed by atoms with E-state index in [9.17, 15) is 4.39 Å². The van der Waals surface area contributed by atoms with Gasteiger partial charge < -0.3 is 5.32 Å². The van der Waals surface area contributed by atoms with Crippen LogP contribution in [0.4, 0.5) is 10.3 Å². The third-order valence-corrected chi connectivity index (χ3v) is 3.79. The molecule has 2 aromatic heterocycles. The third kappa shape index (κ3) is 1.62. The molecule has 0 fully saturated rings. The Hall–Kier alpha value is -2.28. The molecular weight excluding hydrogens is 265 g/mol. The fraction of sp³-hybridized carbons (Fsp3) is 0.0833. The minimum atomic E-state index is -0.265. The van der Waals surface area contributed by atoms with Gasteiger partial charge in [0.25, 0.3) is 0 Å². The monoisotopic (exact) mass is 273 g/mol. The third-order valence-electron chi connectivity index (χ3n) is 2.96. The number of hydrogen-bond acceptors (Lipinski definition) is 5. The highest BCUT2D eigenvalue weighted by atomic mass is 32.1. The molecule has 1 unspecified atom stereocenters. The minimum absolute atomic E-state index is 0.00389. The molecule has 5 nitrogen and oxygen atoms in total. The number of halogens is 1. The van der Waals surface area contributed by atoms with Crippen molar-refractivity contribution in [3.63, 3.8) is 0 Å². The molecule has 0 aliphatic carbocycles. The number of nitrogens with zero attached hydrogens (tertiary/aromatic N) is 4. The van der Waals surface area contributed by atoms with Crippen LogP contribution in [-0.2, 0) is 0 Å². The van der Waals surface area contributed by atoms with Crippen LogP contribution in [0, 0.1) is 5.82 Å². The number of thiazole rings is 1. The molecule has 1 atom stereocenters. The summed E-state index contributed by atoms with van der Waals surface area (Å²) in [7, 11) is 0. The number of benzene rings is 1. The van der Waals surface area contributed by atoms with E-state index in [2.05, 4.69) is 20.4 Å². The van der Waals surface area contributed by atoms with Gasteiger partial charge >= 0.3 is 0 Å². The Morgan fingerprint density at radius 3 is 2.84 bits per heavy atom. The molecule has 0 saturated carbocycles. The first-order valence-electron chi connectivity index (χ1n) is 5.69. The molecule has 7 heteroatoms. The van der Waals surface area contributed by atoms with Crippen LogP contribution in [-0.4, -0.2) is 19.7 Å². The maximum absolute atomic E-state index is 12.9. The normalized spacial score (nSPS) is 16.6. The van der Waals surface area contributed by atoms with Crippen LogP contribution in [0.15, 0.2) is 36.0 Å². The van der Waals surface area contributed by atoms with Crippen molar-refractivity contribution in [2.75, 3.05) is 5.32 Å². The molecule has 0 radical (unpaired) electrons. The first kappa shape index (κ1) is 10.6. The summed E-state index contributed by atoms with van der Waals surface area (Å²) >= 11 is 1.57. The molecule has 1 aromatic carbocycles. The molecule has 94 valence electrons. The molecule has 19 heavy (non-hydrogen) atoms. The number of hydrogen-bond donors (Lipinski definition) is 1. The second-order valence-corrected chi connectivity index (χ2v) is 5.08. The fourth-order valence-corrected chi connectivity index (χ4v) is 2.65. The lowest BCUT2D eigenvalue weighted by atomic mass is 10.2. The Morgan fingerprint density at radius 1 is 1.26 bits per heavy atom. The Kier molecular flexibility index (Phi) is 2.16. The molecular formula is C12H8FN5S. The van der Waals surface area contributed by atoms with E-state index in [-0.39, 0.29) is 12.0 Å². The van der Waals surface area contributed by atoms with Gasteiger partial charge in [0.2, 0.25) is 5.95 Å². The average molecular weight is 273 g/mol. The van der Waals surface area contributed by atoms with Gasteiger partial charge in [-0.05, 0) is 24.3 Å². The Bertz CT molecular complexity index is 719. The number of nitrogens with one attached hydrogen (secondary N) is 1. The van der Waals surface area contributed by atoms with Crippen LogP contribution in [0.3, 0.4) is 0 Å². The van der Waals surface area contributed by atoms with E-state index < -0.39 is 0 Å². The summed E-state index contributed by atoms with van der Waals surface area (Å²) in [6.07, 6.45) is 1.81. The zero-order valence-electron chi connectivity index (χ0n) is 9.62. The van der Waals surface area contributed by atoms with Crippen LogP contribution in [0.2, 0.25) is 0 Å². The Balaban J connectivity index is 1.69. The second-order valence-electron chi connectivity index (χ2n) is 4.16. The highest BCUT2D eigenvalue weighted by molar-refractivity contribution is 7.09. The van der Waals surface area contributed by atoms with Crippen LogP contribution < -0.4 is 5.32 Å². The summed E-state index contributed by atoms with van der Waals surface area (Å²) in [5.74, 6) is 1.05. The molecule has 1 N–H and O–H groups in total. The minimum Gasteiger partial charge on any atom is -0.328 e. The van der Waals surface area contributed by atoms with Crippen LogP contribution in [0.5, 0.6) is 0 Å². The van der Waals surface area contributed by atoms with E-state index >= 15 is 0 Å². The smallest absolute Gasteiger partial charge is 0.226 e. The van der Waals surface area contributed by atoms with E-state index in [4.69, 9.17) is 0 Å². The zero-order valence-corrected chi connectivity index (χ0v) is 10.4. The number of fused-ring (bicyclic) bond motifs is 1. The van der Waals surface area contributed by atoms with E-state index in [0.717, 1.165) is 16.4 Å². The molecule has 1 aliphatic heterocycles. The van der Waals surface area contributed by atoms with Gasteiger partial charge in [-0.2, -0.15) is 4.98 Å². The maximum Gasteiger partial charge on any atom is 0.226 e. The Labute approximate surface area is 111 Å². The van der Waals surface area contributed by atoms with Crippen molar-refractivity contribution in [3.8, 4) is 11.4 Å². The van der Waals surface area contributed by atoms with E-state index in [1.54, 1.807) is 29.0 Å². The summed E-state index contributed by atoms with van der Waals surface area (Å²) < 4.78 is 14.7. The van der Waals surface area contributed by atoms with Crippen molar-refractivity contribution in [2.24, 2.45) is 0 Å². The first-order valence-corrected chi connectivity index (χ1v) is 6.56. The molecule has 0 saturated heterocycles.